The number of rotatable bonds is 2. The smallest absolute Gasteiger partial charge is 0.257 e. The van der Waals surface area contributed by atoms with Gasteiger partial charge in [0.15, 0.2) is 11.5 Å². The van der Waals surface area contributed by atoms with Crippen LogP contribution in [0.4, 0.5) is 5.69 Å². The molecular weight excluding hydrogens is 320 g/mol. The topological polar surface area (TPSA) is 71.4 Å². The number of carbonyl (C=O) groups is 1. The molecule has 0 radical (unpaired) electrons. The number of nitrogens with zero attached hydrogens (tertiary/aromatic N) is 2. The van der Waals surface area contributed by atoms with Crippen molar-refractivity contribution < 1.29 is 19.4 Å². The Balaban J connectivity index is 1.77. The second-order valence-electron chi connectivity index (χ2n) is 6.16. The van der Waals surface area contributed by atoms with Crippen LogP contribution in [-0.4, -0.2) is 42.4 Å². The number of benzene rings is 2. The van der Waals surface area contributed by atoms with Crippen LogP contribution in [-0.2, 0) is 13.0 Å². The van der Waals surface area contributed by atoms with Crippen molar-refractivity contribution in [3.8, 4) is 17.2 Å². The number of amides is 1. The highest BCUT2D eigenvalue weighted by molar-refractivity contribution is 6.03. The summed E-state index contributed by atoms with van der Waals surface area (Å²) in [5.41, 5.74) is 3.15. The SMILES string of the molecule is COc1ccc2c(c1)CN1C(=O)c3cc(OC)c(O)cc3N=C[C@@H]1C2. The maximum absolute atomic E-state index is 13.1. The number of aliphatic imine (C=N–C) groups is 1. The highest BCUT2D eigenvalue weighted by Crippen LogP contribution is 2.37. The third kappa shape index (κ3) is 2.50. The molecule has 0 fully saturated rings. The molecule has 0 saturated heterocycles. The zero-order chi connectivity index (χ0) is 17.6. The summed E-state index contributed by atoms with van der Waals surface area (Å²) in [5, 5.41) is 9.97. The number of aromatic hydroxyl groups is 1. The molecule has 25 heavy (non-hydrogen) atoms. The Morgan fingerprint density at radius 2 is 2.00 bits per heavy atom. The van der Waals surface area contributed by atoms with Crippen molar-refractivity contribution in [3.05, 3.63) is 47.0 Å². The number of hydrogen-bond donors (Lipinski definition) is 1. The first-order valence-corrected chi connectivity index (χ1v) is 8.02. The summed E-state index contributed by atoms with van der Waals surface area (Å²) >= 11 is 0. The number of carbonyl (C=O) groups excluding carboxylic acids is 1. The van der Waals surface area contributed by atoms with E-state index in [9.17, 15) is 9.90 Å². The Morgan fingerprint density at radius 1 is 1.16 bits per heavy atom. The number of ether oxygens (including phenoxy) is 2. The van der Waals surface area contributed by atoms with Crippen LogP contribution < -0.4 is 9.47 Å². The van der Waals surface area contributed by atoms with E-state index < -0.39 is 0 Å². The first kappa shape index (κ1) is 15.5. The second kappa shape index (κ2) is 5.81. The van der Waals surface area contributed by atoms with Gasteiger partial charge in [0.1, 0.15) is 5.75 Å². The van der Waals surface area contributed by atoms with Gasteiger partial charge in [-0.05, 0) is 35.7 Å². The fourth-order valence-corrected chi connectivity index (χ4v) is 3.39. The number of methoxy groups -OCH3 is 2. The normalized spacial score (nSPS) is 18.1. The van der Waals surface area contributed by atoms with E-state index in [2.05, 4.69) is 4.99 Å². The molecule has 0 bridgehead atoms. The van der Waals surface area contributed by atoms with E-state index in [0.29, 0.717) is 24.2 Å². The summed E-state index contributed by atoms with van der Waals surface area (Å²) in [6, 6.07) is 8.84. The lowest BCUT2D eigenvalue weighted by atomic mass is 9.94. The molecule has 0 aliphatic carbocycles. The molecule has 6 heteroatoms. The molecule has 0 spiro atoms. The minimum atomic E-state index is -0.121. The fraction of sp³-hybridized carbons (Fsp3) is 0.263. The summed E-state index contributed by atoms with van der Waals surface area (Å²) in [5.74, 6) is 0.892. The van der Waals surface area contributed by atoms with E-state index in [4.69, 9.17) is 9.47 Å². The molecule has 4 rings (SSSR count). The predicted octanol–water partition coefficient (Wildman–Crippen LogP) is 2.69. The third-order valence-electron chi connectivity index (χ3n) is 4.76. The van der Waals surface area contributed by atoms with Crippen molar-refractivity contribution in [1.29, 1.82) is 0 Å². The molecule has 0 unspecified atom stereocenters. The van der Waals surface area contributed by atoms with E-state index in [1.165, 1.54) is 18.7 Å². The van der Waals surface area contributed by atoms with Gasteiger partial charge in [-0.1, -0.05) is 6.07 Å². The van der Waals surface area contributed by atoms with Gasteiger partial charge >= 0.3 is 0 Å². The first-order valence-electron chi connectivity index (χ1n) is 8.02. The fourth-order valence-electron chi connectivity index (χ4n) is 3.39. The van der Waals surface area contributed by atoms with Gasteiger partial charge in [-0.15, -0.1) is 0 Å². The maximum atomic E-state index is 13.1. The van der Waals surface area contributed by atoms with Crippen LogP contribution in [0.3, 0.4) is 0 Å². The first-order chi connectivity index (χ1) is 12.1. The molecule has 2 aliphatic rings. The van der Waals surface area contributed by atoms with Crippen LogP contribution in [0, 0.1) is 0 Å². The van der Waals surface area contributed by atoms with E-state index in [1.54, 1.807) is 24.3 Å². The average molecular weight is 338 g/mol. The van der Waals surface area contributed by atoms with Gasteiger partial charge in [0.2, 0.25) is 0 Å². The van der Waals surface area contributed by atoms with Gasteiger partial charge < -0.3 is 19.5 Å². The monoisotopic (exact) mass is 338 g/mol. The molecule has 6 nitrogen and oxygen atoms in total. The molecule has 128 valence electrons. The summed E-state index contributed by atoms with van der Waals surface area (Å²) < 4.78 is 10.4. The molecule has 2 aromatic carbocycles. The quantitative estimate of drug-likeness (QED) is 0.914. The third-order valence-corrected chi connectivity index (χ3v) is 4.76. The van der Waals surface area contributed by atoms with Crippen LogP contribution in [0.25, 0.3) is 0 Å². The molecule has 2 aromatic rings. The number of hydrogen-bond acceptors (Lipinski definition) is 5. The van der Waals surface area contributed by atoms with Gasteiger partial charge in [0, 0.05) is 18.8 Å². The largest absolute Gasteiger partial charge is 0.504 e. The predicted molar refractivity (Wildman–Crippen MR) is 93.2 cm³/mol. The van der Waals surface area contributed by atoms with E-state index in [-0.39, 0.29) is 23.4 Å². The summed E-state index contributed by atoms with van der Waals surface area (Å²) in [6.07, 6.45) is 2.48. The highest BCUT2D eigenvalue weighted by Gasteiger charge is 2.33. The van der Waals surface area contributed by atoms with Crippen molar-refractivity contribution in [1.82, 2.24) is 4.90 Å². The second-order valence-corrected chi connectivity index (χ2v) is 6.16. The van der Waals surface area contributed by atoms with Crippen molar-refractivity contribution >= 4 is 17.8 Å². The Morgan fingerprint density at radius 3 is 2.76 bits per heavy atom. The van der Waals surface area contributed by atoms with Crippen LogP contribution in [0.5, 0.6) is 17.2 Å². The molecule has 1 N–H and O–H groups in total. The molecule has 1 amide bonds. The molecule has 1 atom stereocenters. The Hall–Kier alpha value is -3.02. The van der Waals surface area contributed by atoms with Crippen LogP contribution in [0.1, 0.15) is 21.5 Å². The van der Waals surface area contributed by atoms with Crippen molar-refractivity contribution in [2.24, 2.45) is 4.99 Å². The average Bonchev–Trinajstić information content (AvgIpc) is 2.76. The zero-order valence-corrected chi connectivity index (χ0v) is 14.0. The zero-order valence-electron chi connectivity index (χ0n) is 14.0. The van der Waals surface area contributed by atoms with Crippen LogP contribution >= 0.6 is 0 Å². The minimum Gasteiger partial charge on any atom is -0.504 e. The maximum Gasteiger partial charge on any atom is 0.257 e. The lowest BCUT2D eigenvalue weighted by Gasteiger charge is -2.34. The number of fused-ring (bicyclic) bond motifs is 3. The lowest BCUT2D eigenvalue weighted by molar-refractivity contribution is 0.0703. The summed E-state index contributed by atoms with van der Waals surface area (Å²) in [6.45, 7) is 0.491. The van der Waals surface area contributed by atoms with Gasteiger partial charge in [0.05, 0.1) is 31.5 Å². The van der Waals surface area contributed by atoms with Gasteiger partial charge in [0.25, 0.3) is 5.91 Å². The molecule has 0 aromatic heterocycles. The molecule has 0 saturated carbocycles. The lowest BCUT2D eigenvalue weighted by Crippen LogP contribution is -2.44. The van der Waals surface area contributed by atoms with Gasteiger partial charge in [-0.2, -0.15) is 0 Å². The minimum absolute atomic E-state index is 0.0286. The van der Waals surface area contributed by atoms with E-state index in [1.807, 2.05) is 18.2 Å². The number of phenols is 1. The molecular formula is C19H18N2O4. The molecule has 2 aliphatic heterocycles. The van der Waals surface area contributed by atoms with Gasteiger partial charge in [-0.25, -0.2) is 0 Å². The molecule has 2 heterocycles. The van der Waals surface area contributed by atoms with Crippen molar-refractivity contribution in [3.63, 3.8) is 0 Å². The standard InChI is InChI=1S/C19H18N2O4/c1-24-14-4-3-11-5-13-9-20-16-8-17(22)18(25-2)7-15(16)19(23)21(13)10-12(11)6-14/h3-4,6-9,13,22H,5,10H2,1-2H3/t13-/m0/s1. The van der Waals surface area contributed by atoms with Crippen LogP contribution in [0.15, 0.2) is 35.3 Å². The highest BCUT2D eigenvalue weighted by atomic mass is 16.5. The Kier molecular flexibility index (Phi) is 3.60. The van der Waals surface area contributed by atoms with Crippen molar-refractivity contribution in [2.45, 2.75) is 19.0 Å². The Labute approximate surface area is 145 Å². The van der Waals surface area contributed by atoms with Gasteiger partial charge in [-0.3, -0.25) is 9.79 Å². The Bertz CT molecular complexity index is 891. The number of phenolic OH excluding ortho intramolecular Hbond substituents is 1. The van der Waals surface area contributed by atoms with Crippen molar-refractivity contribution in [2.75, 3.05) is 14.2 Å². The van der Waals surface area contributed by atoms with E-state index >= 15 is 0 Å². The summed E-state index contributed by atoms with van der Waals surface area (Å²) in [7, 11) is 3.09. The summed E-state index contributed by atoms with van der Waals surface area (Å²) in [4.78, 5) is 19.3. The van der Waals surface area contributed by atoms with E-state index in [0.717, 1.165) is 11.3 Å². The van der Waals surface area contributed by atoms with Crippen LogP contribution in [0.2, 0.25) is 0 Å².